The Morgan fingerprint density at radius 3 is 2.85 bits per heavy atom. The van der Waals surface area contributed by atoms with E-state index >= 15 is 0 Å². The van der Waals surface area contributed by atoms with Gasteiger partial charge in [-0.05, 0) is 37.1 Å². The van der Waals surface area contributed by atoms with Crippen molar-refractivity contribution in [3.05, 3.63) is 60.1 Å². The van der Waals surface area contributed by atoms with E-state index in [9.17, 15) is 5.26 Å². The maximum Gasteiger partial charge on any atom is 0.232 e. The zero-order chi connectivity index (χ0) is 18.9. The standard InChI is InChI=1S/C20H21N5O2/c1-2-26-17-7-4-16(5-8-17)6-9-19-24-18(14-21)20(27-19)23-10-3-12-25-13-11-22-15-25/h4-9,11,13,15,23H,2-3,10,12H2,1H3/b9-6+. The van der Waals surface area contributed by atoms with Crippen LogP contribution in [0.25, 0.3) is 12.2 Å². The highest BCUT2D eigenvalue weighted by molar-refractivity contribution is 5.67. The lowest BCUT2D eigenvalue weighted by Gasteiger charge is -2.03. The molecule has 2 aromatic heterocycles. The minimum Gasteiger partial charge on any atom is -0.494 e. The number of benzene rings is 1. The number of oxazole rings is 1. The number of ether oxygens (including phenoxy) is 1. The summed E-state index contributed by atoms with van der Waals surface area (Å²) in [4.78, 5) is 8.21. The van der Waals surface area contributed by atoms with Gasteiger partial charge in [-0.15, -0.1) is 0 Å². The fourth-order valence-corrected chi connectivity index (χ4v) is 2.50. The summed E-state index contributed by atoms with van der Waals surface area (Å²) in [6, 6.07) is 9.77. The molecule has 3 aromatic rings. The predicted octanol–water partition coefficient (Wildman–Crippen LogP) is 3.81. The number of aromatic nitrogens is 3. The smallest absolute Gasteiger partial charge is 0.232 e. The molecule has 0 saturated carbocycles. The monoisotopic (exact) mass is 363 g/mol. The first kappa shape index (κ1) is 18.3. The summed E-state index contributed by atoms with van der Waals surface area (Å²) in [7, 11) is 0. The van der Waals surface area contributed by atoms with Crippen LogP contribution in [0.2, 0.25) is 0 Å². The topological polar surface area (TPSA) is 88.9 Å². The molecule has 0 fully saturated rings. The zero-order valence-corrected chi connectivity index (χ0v) is 15.1. The second-order valence-corrected chi connectivity index (χ2v) is 5.76. The third-order valence-electron chi connectivity index (χ3n) is 3.80. The van der Waals surface area contributed by atoms with Gasteiger partial charge in [-0.1, -0.05) is 12.1 Å². The lowest BCUT2D eigenvalue weighted by molar-refractivity contribution is 0.340. The Labute approximate surface area is 157 Å². The highest BCUT2D eigenvalue weighted by atomic mass is 16.5. The lowest BCUT2D eigenvalue weighted by Crippen LogP contribution is -2.06. The van der Waals surface area contributed by atoms with Gasteiger partial charge in [0.05, 0.1) is 12.9 Å². The number of hydrogen-bond donors (Lipinski definition) is 1. The van der Waals surface area contributed by atoms with Crippen molar-refractivity contribution in [3.63, 3.8) is 0 Å². The van der Waals surface area contributed by atoms with Gasteiger partial charge < -0.3 is 19.0 Å². The van der Waals surface area contributed by atoms with Gasteiger partial charge in [0.1, 0.15) is 11.8 Å². The van der Waals surface area contributed by atoms with Gasteiger partial charge in [0.2, 0.25) is 17.5 Å². The Morgan fingerprint density at radius 2 is 2.15 bits per heavy atom. The number of anilines is 1. The van der Waals surface area contributed by atoms with Crippen molar-refractivity contribution in [1.82, 2.24) is 14.5 Å². The van der Waals surface area contributed by atoms with Crippen LogP contribution in [0.4, 0.5) is 5.88 Å². The normalized spacial score (nSPS) is 10.8. The molecule has 0 aliphatic rings. The molecule has 0 radical (unpaired) electrons. The molecule has 27 heavy (non-hydrogen) atoms. The SMILES string of the molecule is CCOc1ccc(/C=C/c2nc(C#N)c(NCCCn3ccnc3)o2)cc1. The van der Waals surface area contributed by atoms with E-state index in [1.807, 2.05) is 48.0 Å². The van der Waals surface area contributed by atoms with Crippen LogP contribution in [0.1, 0.15) is 30.5 Å². The molecule has 2 heterocycles. The average molecular weight is 363 g/mol. The first-order valence-corrected chi connectivity index (χ1v) is 8.80. The van der Waals surface area contributed by atoms with Crippen molar-refractivity contribution in [2.24, 2.45) is 0 Å². The van der Waals surface area contributed by atoms with E-state index in [0.717, 1.165) is 24.3 Å². The van der Waals surface area contributed by atoms with Gasteiger partial charge in [-0.2, -0.15) is 10.2 Å². The summed E-state index contributed by atoms with van der Waals surface area (Å²) in [6.07, 6.45) is 9.94. The molecule has 7 heteroatoms. The van der Waals surface area contributed by atoms with Gasteiger partial charge in [-0.25, -0.2) is 4.98 Å². The van der Waals surface area contributed by atoms with Crippen molar-refractivity contribution >= 4 is 18.0 Å². The molecule has 0 saturated heterocycles. The minimum atomic E-state index is 0.254. The molecule has 0 aliphatic heterocycles. The molecule has 0 aliphatic carbocycles. The Balaban J connectivity index is 1.57. The highest BCUT2D eigenvalue weighted by Crippen LogP contribution is 2.19. The molecule has 0 amide bonds. The Bertz CT molecular complexity index is 905. The van der Waals surface area contributed by atoms with Crippen LogP contribution < -0.4 is 10.1 Å². The van der Waals surface area contributed by atoms with Crippen LogP contribution in [0.3, 0.4) is 0 Å². The first-order chi connectivity index (χ1) is 13.3. The summed E-state index contributed by atoms with van der Waals surface area (Å²) in [6.45, 7) is 4.10. The third kappa shape index (κ3) is 5.22. The number of nitrogens with zero attached hydrogens (tertiary/aromatic N) is 4. The maximum absolute atomic E-state index is 9.24. The van der Waals surface area contributed by atoms with Crippen molar-refractivity contribution < 1.29 is 9.15 Å². The molecule has 3 rings (SSSR count). The first-order valence-electron chi connectivity index (χ1n) is 8.80. The maximum atomic E-state index is 9.24. The quantitative estimate of drug-likeness (QED) is 0.582. The number of hydrogen-bond acceptors (Lipinski definition) is 6. The molecule has 138 valence electrons. The Kier molecular flexibility index (Phi) is 6.26. The largest absolute Gasteiger partial charge is 0.494 e. The van der Waals surface area contributed by atoms with Crippen LogP contribution in [0.5, 0.6) is 5.75 Å². The highest BCUT2D eigenvalue weighted by Gasteiger charge is 2.10. The predicted molar refractivity (Wildman–Crippen MR) is 103 cm³/mol. The van der Waals surface area contributed by atoms with E-state index in [1.165, 1.54) is 0 Å². The summed E-state index contributed by atoms with van der Waals surface area (Å²) in [5.41, 5.74) is 1.24. The fourth-order valence-electron chi connectivity index (χ4n) is 2.50. The van der Waals surface area contributed by atoms with Crippen LogP contribution in [0, 0.1) is 11.3 Å². The number of imidazole rings is 1. The van der Waals surface area contributed by atoms with E-state index in [2.05, 4.69) is 21.4 Å². The molecular weight excluding hydrogens is 342 g/mol. The summed E-state index contributed by atoms with van der Waals surface area (Å²) >= 11 is 0. The average Bonchev–Trinajstić information content (AvgIpc) is 3.34. The summed E-state index contributed by atoms with van der Waals surface area (Å²) in [5, 5.41) is 12.4. The van der Waals surface area contributed by atoms with Gasteiger partial charge in [0, 0.05) is 31.6 Å². The van der Waals surface area contributed by atoms with Crippen LogP contribution >= 0.6 is 0 Å². The Hall–Kier alpha value is -3.53. The Morgan fingerprint density at radius 1 is 1.30 bits per heavy atom. The number of nitrogens with one attached hydrogen (secondary N) is 1. The van der Waals surface area contributed by atoms with Crippen LogP contribution in [-0.2, 0) is 6.54 Å². The molecule has 0 unspecified atom stereocenters. The molecule has 1 N–H and O–H groups in total. The second-order valence-electron chi connectivity index (χ2n) is 5.76. The number of nitriles is 1. The van der Waals surface area contributed by atoms with Crippen molar-refractivity contribution in [3.8, 4) is 11.8 Å². The van der Waals surface area contributed by atoms with Crippen molar-refractivity contribution in [1.29, 1.82) is 5.26 Å². The summed E-state index contributed by atoms with van der Waals surface area (Å²) < 4.78 is 13.1. The van der Waals surface area contributed by atoms with Crippen LogP contribution in [-0.4, -0.2) is 27.7 Å². The molecule has 0 bridgehead atoms. The van der Waals surface area contributed by atoms with Crippen molar-refractivity contribution in [2.45, 2.75) is 19.9 Å². The zero-order valence-electron chi connectivity index (χ0n) is 15.1. The molecule has 0 spiro atoms. The van der Waals surface area contributed by atoms with Gasteiger partial charge >= 0.3 is 0 Å². The second kappa shape index (κ2) is 9.25. The van der Waals surface area contributed by atoms with E-state index in [1.54, 1.807) is 18.6 Å². The third-order valence-corrected chi connectivity index (χ3v) is 3.80. The minimum absolute atomic E-state index is 0.254. The number of aryl methyl sites for hydroxylation is 1. The van der Waals surface area contributed by atoms with Gasteiger partial charge in [0.15, 0.2) is 0 Å². The molecular formula is C20H21N5O2. The molecule has 0 atom stereocenters. The summed E-state index contributed by atoms with van der Waals surface area (Å²) in [5.74, 6) is 1.62. The molecule has 7 nitrogen and oxygen atoms in total. The van der Waals surface area contributed by atoms with Crippen molar-refractivity contribution in [2.75, 3.05) is 18.5 Å². The van der Waals surface area contributed by atoms with E-state index in [0.29, 0.717) is 24.9 Å². The van der Waals surface area contributed by atoms with E-state index < -0.39 is 0 Å². The van der Waals surface area contributed by atoms with E-state index in [-0.39, 0.29) is 5.69 Å². The fraction of sp³-hybridized carbons (Fsp3) is 0.250. The lowest BCUT2D eigenvalue weighted by atomic mass is 10.2. The number of rotatable bonds is 9. The van der Waals surface area contributed by atoms with Gasteiger partial charge in [0.25, 0.3) is 0 Å². The van der Waals surface area contributed by atoms with Gasteiger partial charge in [-0.3, -0.25) is 0 Å². The molecule has 1 aromatic carbocycles. The van der Waals surface area contributed by atoms with E-state index in [4.69, 9.17) is 9.15 Å². The van der Waals surface area contributed by atoms with Crippen LogP contribution in [0.15, 0.2) is 47.4 Å².